The largest absolute Gasteiger partial charge is 0.376 e. The Morgan fingerprint density at radius 1 is 1.16 bits per heavy atom. The van der Waals surface area contributed by atoms with Crippen molar-refractivity contribution in [2.75, 3.05) is 5.32 Å². The van der Waals surface area contributed by atoms with Crippen molar-refractivity contribution in [2.24, 2.45) is 0 Å². The Morgan fingerprint density at radius 2 is 1.84 bits per heavy atom. The van der Waals surface area contributed by atoms with Gasteiger partial charge in [0.15, 0.2) is 0 Å². The van der Waals surface area contributed by atoms with Crippen LogP contribution in [0.5, 0.6) is 0 Å². The van der Waals surface area contributed by atoms with E-state index in [0.29, 0.717) is 10.0 Å². The molecule has 2 aromatic rings. The summed E-state index contributed by atoms with van der Waals surface area (Å²) in [5.74, 6) is 0. The molecular formula is C14H16Cl2N2S. The zero-order chi connectivity index (χ0) is 14.2. The maximum absolute atomic E-state index is 6.24. The van der Waals surface area contributed by atoms with Crippen molar-refractivity contribution in [1.29, 1.82) is 0 Å². The van der Waals surface area contributed by atoms with E-state index in [4.69, 9.17) is 23.2 Å². The van der Waals surface area contributed by atoms with Gasteiger partial charge in [-0.25, -0.2) is 4.98 Å². The first-order valence-electron chi connectivity index (χ1n) is 6.04. The van der Waals surface area contributed by atoms with Gasteiger partial charge in [-0.05, 0) is 45.4 Å². The van der Waals surface area contributed by atoms with Crippen molar-refractivity contribution in [3.8, 4) is 0 Å². The molecule has 1 unspecified atom stereocenters. The van der Waals surface area contributed by atoms with Crippen molar-refractivity contribution in [3.63, 3.8) is 0 Å². The third-order valence-electron chi connectivity index (χ3n) is 2.97. The maximum atomic E-state index is 6.24. The number of anilines is 1. The summed E-state index contributed by atoms with van der Waals surface area (Å²) < 4.78 is 0. The standard InChI is InChI=1S/C14H16Cl2N2S/c1-7-5-12(16)13(6-11(7)15)17-8(2)14-9(3)19-10(4)18-14/h5-6,8,17H,1-4H3. The van der Waals surface area contributed by atoms with Crippen LogP contribution in [0.3, 0.4) is 0 Å². The van der Waals surface area contributed by atoms with Crippen molar-refractivity contribution >= 4 is 40.2 Å². The van der Waals surface area contributed by atoms with Crippen LogP contribution < -0.4 is 5.32 Å². The lowest BCUT2D eigenvalue weighted by Crippen LogP contribution is -2.08. The number of nitrogens with one attached hydrogen (secondary N) is 1. The number of rotatable bonds is 3. The van der Waals surface area contributed by atoms with Crippen LogP contribution in [-0.2, 0) is 0 Å². The average molecular weight is 315 g/mol. The second-order valence-corrected chi connectivity index (χ2v) is 6.84. The SMILES string of the molecule is Cc1nc(C(C)Nc2cc(Cl)c(C)cc2Cl)c(C)s1. The maximum Gasteiger partial charge on any atom is 0.0901 e. The van der Waals surface area contributed by atoms with Crippen LogP contribution in [0.15, 0.2) is 12.1 Å². The van der Waals surface area contributed by atoms with Crippen molar-refractivity contribution in [3.05, 3.63) is 43.3 Å². The molecular weight excluding hydrogens is 299 g/mol. The summed E-state index contributed by atoms with van der Waals surface area (Å²) in [5, 5.41) is 5.85. The monoisotopic (exact) mass is 314 g/mol. The van der Waals surface area contributed by atoms with Crippen LogP contribution in [0.2, 0.25) is 10.0 Å². The number of benzene rings is 1. The predicted octanol–water partition coefficient (Wildman–Crippen LogP) is 5.55. The Morgan fingerprint density at radius 3 is 2.42 bits per heavy atom. The smallest absolute Gasteiger partial charge is 0.0901 e. The molecule has 0 aliphatic heterocycles. The van der Waals surface area contributed by atoms with E-state index in [9.17, 15) is 0 Å². The summed E-state index contributed by atoms with van der Waals surface area (Å²) in [4.78, 5) is 5.78. The minimum atomic E-state index is 0.0984. The van der Waals surface area contributed by atoms with Crippen LogP contribution in [0.4, 0.5) is 5.69 Å². The molecule has 1 aromatic carbocycles. The molecule has 0 amide bonds. The molecule has 19 heavy (non-hydrogen) atoms. The van der Waals surface area contributed by atoms with E-state index in [1.54, 1.807) is 11.3 Å². The summed E-state index contributed by atoms with van der Waals surface area (Å²) in [7, 11) is 0. The van der Waals surface area contributed by atoms with E-state index < -0.39 is 0 Å². The average Bonchev–Trinajstić information content (AvgIpc) is 2.65. The number of halogens is 2. The van der Waals surface area contributed by atoms with E-state index in [-0.39, 0.29) is 6.04 Å². The Hall–Kier alpha value is -0.770. The molecule has 0 aliphatic rings. The highest BCUT2D eigenvalue weighted by atomic mass is 35.5. The van der Waals surface area contributed by atoms with E-state index >= 15 is 0 Å². The molecule has 0 fully saturated rings. The minimum Gasteiger partial charge on any atom is -0.376 e. The zero-order valence-corrected chi connectivity index (χ0v) is 13.7. The van der Waals surface area contributed by atoms with Gasteiger partial charge in [0.2, 0.25) is 0 Å². The fourth-order valence-electron chi connectivity index (χ4n) is 2.01. The topological polar surface area (TPSA) is 24.9 Å². The molecule has 0 aliphatic carbocycles. The van der Waals surface area contributed by atoms with Gasteiger partial charge in [-0.15, -0.1) is 11.3 Å². The van der Waals surface area contributed by atoms with E-state index in [2.05, 4.69) is 24.1 Å². The van der Waals surface area contributed by atoms with Crippen molar-refractivity contribution in [1.82, 2.24) is 4.98 Å². The lowest BCUT2D eigenvalue weighted by Gasteiger charge is -2.16. The normalized spacial score (nSPS) is 12.5. The van der Waals surface area contributed by atoms with E-state index in [0.717, 1.165) is 22.0 Å². The van der Waals surface area contributed by atoms with Gasteiger partial charge in [-0.2, -0.15) is 0 Å². The minimum absolute atomic E-state index is 0.0984. The van der Waals surface area contributed by atoms with Gasteiger partial charge < -0.3 is 5.32 Å². The first-order chi connectivity index (χ1) is 8.88. The number of hydrogen-bond acceptors (Lipinski definition) is 3. The van der Waals surface area contributed by atoms with Crippen molar-refractivity contribution < 1.29 is 0 Å². The second kappa shape index (κ2) is 5.70. The third-order valence-corrected chi connectivity index (χ3v) is 4.59. The van der Waals surface area contributed by atoms with Gasteiger partial charge in [0.05, 0.1) is 27.5 Å². The lowest BCUT2D eigenvalue weighted by atomic mass is 10.1. The van der Waals surface area contributed by atoms with Gasteiger partial charge in [-0.1, -0.05) is 23.2 Å². The second-order valence-electron chi connectivity index (χ2n) is 4.62. The van der Waals surface area contributed by atoms with Gasteiger partial charge in [0.25, 0.3) is 0 Å². The summed E-state index contributed by atoms with van der Waals surface area (Å²) in [6.45, 7) is 8.12. The molecule has 1 atom stereocenters. The Balaban J connectivity index is 2.26. The molecule has 0 bridgehead atoms. The van der Waals surface area contributed by atoms with Gasteiger partial charge in [0.1, 0.15) is 0 Å². The summed E-state index contributed by atoms with van der Waals surface area (Å²) in [5.41, 5.74) is 2.88. The Kier molecular flexibility index (Phi) is 4.39. The molecule has 5 heteroatoms. The lowest BCUT2D eigenvalue weighted by molar-refractivity contribution is 0.837. The molecule has 0 saturated carbocycles. The number of aromatic nitrogens is 1. The van der Waals surface area contributed by atoms with Crippen LogP contribution in [0, 0.1) is 20.8 Å². The number of hydrogen-bond donors (Lipinski definition) is 1. The molecule has 1 heterocycles. The number of thiazole rings is 1. The number of nitrogens with zero attached hydrogens (tertiary/aromatic N) is 1. The van der Waals surface area contributed by atoms with Gasteiger partial charge in [0, 0.05) is 9.90 Å². The molecule has 0 radical (unpaired) electrons. The first-order valence-corrected chi connectivity index (χ1v) is 7.62. The van der Waals surface area contributed by atoms with Crippen LogP contribution in [0.25, 0.3) is 0 Å². The molecule has 2 rings (SSSR count). The van der Waals surface area contributed by atoms with Crippen LogP contribution >= 0.6 is 34.5 Å². The molecule has 0 spiro atoms. The Labute approximate surface area is 127 Å². The summed E-state index contributed by atoms with van der Waals surface area (Å²) in [6, 6.07) is 3.84. The molecule has 2 nitrogen and oxygen atoms in total. The van der Waals surface area contributed by atoms with Crippen LogP contribution in [0.1, 0.15) is 34.1 Å². The fourth-order valence-corrected chi connectivity index (χ4v) is 3.36. The molecule has 0 saturated heterocycles. The third kappa shape index (κ3) is 3.22. The highest BCUT2D eigenvalue weighted by Gasteiger charge is 2.14. The predicted molar refractivity (Wildman–Crippen MR) is 84.8 cm³/mol. The van der Waals surface area contributed by atoms with E-state index in [1.807, 2.05) is 26.0 Å². The molecule has 1 aromatic heterocycles. The van der Waals surface area contributed by atoms with Gasteiger partial charge in [-0.3, -0.25) is 0 Å². The zero-order valence-electron chi connectivity index (χ0n) is 11.3. The molecule has 102 valence electrons. The van der Waals surface area contributed by atoms with Crippen LogP contribution in [-0.4, -0.2) is 4.98 Å². The Bertz CT molecular complexity index is 608. The fraction of sp³-hybridized carbons (Fsp3) is 0.357. The van der Waals surface area contributed by atoms with Gasteiger partial charge >= 0.3 is 0 Å². The summed E-state index contributed by atoms with van der Waals surface area (Å²) in [6.07, 6.45) is 0. The van der Waals surface area contributed by atoms with E-state index in [1.165, 1.54) is 4.88 Å². The summed E-state index contributed by atoms with van der Waals surface area (Å²) >= 11 is 14.1. The highest BCUT2D eigenvalue weighted by molar-refractivity contribution is 7.11. The number of aryl methyl sites for hydroxylation is 3. The first kappa shape index (κ1) is 14.6. The quantitative estimate of drug-likeness (QED) is 0.803. The molecule has 1 N–H and O–H groups in total. The highest BCUT2D eigenvalue weighted by Crippen LogP contribution is 2.32. The van der Waals surface area contributed by atoms with Crippen molar-refractivity contribution in [2.45, 2.75) is 33.7 Å².